The molecule has 0 aliphatic heterocycles. The zero-order chi connectivity index (χ0) is 10.7. The van der Waals surface area contributed by atoms with Crippen LogP contribution in [0.3, 0.4) is 0 Å². The fraction of sp³-hybridized carbons (Fsp3) is 0.538. The minimum absolute atomic E-state index is 0.131. The van der Waals surface area contributed by atoms with Crippen molar-refractivity contribution in [2.75, 3.05) is 6.54 Å². The van der Waals surface area contributed by atoms with E-state index in [2.05, 4.69) is 24.9 Å². The van der Waals surface area contributed by atoms with Gasteiger partial charge >= 0.3 is 0 Å². The van der Waals surface area contributed by atoms with E-state index in [0.29, 0.717) is 0 Å². The van der Waals surface area contributed by atoms with E-state index in [1.165, 1.54) is 18.4 Å². The second kappa shape index (κ2) is 4.23. The number of nitrogens with one attached hydrogen (secondary N) is 1. The highest BCUT2D eigenvalue weighted by Gasteiger charge is 2.26. The Morgan fingerprint density at radius 2 is 2.47 bits per heavy atom. The summed E-state index contributed by atoms with van der Waals surface area (Å²) in [7, 11) is 0. The van der Waals surface area contributed by atoms with Gasteiger partial charge in [-0.1, -0.05) is 13.0 Å². The average molecular weight is 205 g/mol. The largest absolute Gasteiger partial charge is 0.472 e. The molecule has 0 radical (unpaired) electrons. The zero-order valence-corrected chi connectivity index (χ0v) is 9.33. The highest BCUT2D eigenvalue weighted by atomic mass is 16.3. The fourth-order valence-electron chi connectivity index (χ4n) is 1.73. The first-order chi connectivity index (χ1) is 7.22. The van der Waals surface area contributed by atoms with E-state index in [1.807, 2.05) is 12.3 Å². The molecule has 1 aromatic heterocycles. The third-order valence-electron chi connectivity index (χ3n) is 3.05. The van der Waals surface area contributed by atoms with Crippen molar-refractivity contribution >= 4 is 0 Å². The van der Waals surface area contributed by atoms with Gasteiger partial charge in [0.1, 0.15) is 0 Å². The molecule has 1 aliphatic rings. The summed E-state index contributed by atoms with van der Waals surface area (Å²) in [6, 6.07) is 2.78. The molecular weight excluding hydrogens is 186 g/mol. The van der Waals surface area contributed by atoms with Crippen molar-refractivity contribution in [3.8, 4) is 0 Å². The highest BCUT2D eigenvalue weighted by Crippen LogP contribution is 2.26. The van der Waals surface area contributed by atoms with E-state index < -0.39 is 0 Å². The average Bonchev–Trinajstić information content (AvgIpc) is 2.94. The Balaban J connectivity index is 1.90. The van der Waals surface area contributed by atoms with Crippen molar-refractivity contribution in [1.29, 1.82) is 0 Å². The molecule has 1 aromatic rings. The zero-order valence-electron chi connectivity index (χ0n) is 9.33. The van der Waals surface area contributed by atoms with Gasteiger partial charge in [0.15, 0.2) is 0 Å². The predicted octanol–water partition coefficient (Wildman–Crippen LogP) is 2.77. The Kier molecular flexibility index (Phi) is 2.96. The minimum atomic E-state index is 0.131. The normalized spacial score (nSPS) is 19.8. The monoisotopic (exact) mass is 205 g/mol. The second-order valence-electron chi connectivity index (χ2n) is 4.82. The maximum atomic E-state index is 5.09. The molecule has 0 saturated heterocycles. The van der Waals surface area contributed by atoms with Crippen LogP contribution in [0.4, 0.5) is 0 Å². The molecule has 1 saturated carbocycles. The van der Waals surface area contributed by atoms with Gasteiger partial charge in [-0.05, 0) is 30.9 Å². The van der Waals surface area contributed by atoms with E-state index in [4.69, 9.17) is 4.42 Å². The van der Waals surface area contributed by atoms with Crippen molar-refractivity contribution in [3.63, 3.8) is 0 Å². The molecule has 1 fully saturated rings. The van der Waals surface area contributed by atoms with Crippen LogP contribution in [0, 0.1) is 5.41 Å². The first-order valence-corrected chi connectivity index (χ1v) is 5.60. The lowest BCUT2D eigenvalue weighted by Crippen LogP contribution is -2.33. The van der Waals surface area contributed by atoms with E-state index in [1.54, 1.807) is 6.26 Å². The van der Waals surface area contributed by atoms with Crippen molar-refractivity contribution in [3.05, 3.63) is 36.8 Å². The molecule has 2 nitrogen and oxygen atoms in total. The Bertz CT molecular complexity index is 313. The Morgan fingerprint density at radius 1 is 1.67 bits per heavy atom. The SMILES string of the molecule is C=CC(C)(CNC1CC1)Cc1ccoc1. The lowest BCUT2D eigenvalue weighted by Gasteiger charge is -2.25. The summed E-state index contributed by atoms with van der Waals surface area (Å²) in [4.78, 5) is 0. The molecule has 15 heavy (non-hydrogen) atoms. The van der Waals surface area contributed by atoms with Crippen molar-refractivity contribution in [2.45, 2.75) is 32.2 Å². The highest BCUT2D eigenvalue weighted by molar-refractivity contribution is 5.12. The molecule has 2 heteroatoms. The van der Waals surface area contributed by atoms with Gasteiger partial charge in [-0.2, -0.15) is 0 Å². The third kappa shape index (κ3) is 2.96. The molecule has 1 aliphatic carbocycles. The quantitative estimate of drug-likeness (QED) is 0.722. The van der Waals surface area contributed by atoms with Gasteiger partial charge in [0.05, 0.1) is 12.5 Å². The summed E-state index contributed by atoms with van der Waals surface area (Å²) in [6.07, 6.45) is 9.26. The first-order valence-electron chi connectivity index (χ1n) is 5.60. The van der Waals surface area contributed by atoms with Gasteiger partial charge in [-0.3, -0.25) is 0 Å². The van der Waals surface area contributed by atoms with Gasteiger partial charge in [-0.15, -0.1) is 6.58 Å². The van der Waals surface area contributed by atoms with Crippen molar-refractivity contribution in [2.24, 2.45) is 5.41 Å². The standard InChI is InChI=1S/C13H19NO/c1-3-13(2,10-14-12-4-5-12)8-11-6-7-15-9-11/h3,6-7,9,12,14H,1,4-5,8,10H2,2H3. The fourth-order valence-corrected chi connectivity index (χ4v) is 1.73. The predicted molar refractivity (Wildman–Crippen MR) is 61.7 cm³/mol. The van der Waals surface area contributed by atoms with Crippen LogP contribution in [0.25, 0.3) is 0 Å². The molecule has 1 N–H and O–H groups in total. The van der Waals surface area contributed by atoms with Crippen LogP contribution in [0.1, 0.15) is 25.3 Å². The summed E-state index contributed by atoms with van der Waals surface area (Å²) >= 11 is 0. The van der Waals surface area contributed by atoms with E-state index >= 15 is 0 Å². The molecular formula is C13H19NO. The van der Waals surface area contributed by atoms with Gasteiger partial charge < -0.3 is 9.73 Å². The van der Waals surface area contributed by atoms with Crippen molar-refractivity contribution < 1.29 is 4.42 Å². The third-order valence-corrected chi connectivity index (χ3v) is 3.05. The molecule has 0 aromatic carbocycles. The molecule has 0 spiro atoms. The van der Waals surface area contributed by atoms with Crippen LogP contribution in [0.15, 0.2) is 35.7 Å². The number of rotatable bonds is 6. The Morgan fingerprint density at radius 3 is 3.00 bits per heavy atom. The second-order valence-corrected chi connectivity index (χ2v) is 4.82. The van der Waals surface area contributed by atoms with Crippen LogP contribution in [0.5, 0.6) is 0 Å². The lowest BCUT2D eigenvalue weighted by atomic mass is 9.84. The van der Waals surface area contributed by atoms with Gasteiger partial charge in [0.25, 0.3) is 0 Å². The number of hydrogen-bond acceptors (Lipinski definition) is 2. The molecule has 0 amide bonds. The van der Waals surface area contributed by atoms with Gasteiger partial charge in [0, 0.05) is 18.0 Å². The van der Waals surface area contributed by atoms with E-state index in [-0.39, 0.29) is 5.41 Å². The topological polar surface area (TPSA) is 25.2 Å². The van der Waals surface area contributed by atoms with E-state index in [9.17, 15) is 0 Å². The van der Waals surface area contributed by atoms with Crippen LogP contribution in [-0.4, -0.2) is 12.6 Å². The first kappa shape index (κ1) is 10.5. The molecule has 1 heterocycles. The molecule has 0 bridgehead atoms. The lowest BCUT2D eigenvalue weighted by molar-refractivity contribution is 0.387. The molecule has 2 rings (SSSR count). The van der Waals surface area contributed by atoms with E-state index in [0.717, 1.165) is 19.0 Å². The Labute approximate surface area is 91.4 Å². The summed E-state index contributed by atoms with van der Waals surface area (Å²) in [5, 5.41) is 3.56. The number of furan rings is 1. The summed E-state index contributed by atoms with van der Waals surface area (Å²) < 4.78 is 5.09. The number of hydrogen-bond donors (Lipinski definition) is 1. The van der Waals surface area contributed by atoms with Crippen LogP contribution >= 0.6 is 0 Å². The maximum Gasteiger partial charge on any atom is 0.0934 e. The van der Waals surface area contributed by atoms with Crippen LogP contribution < -0.4 is 5.32 Å². The summed E-state index contributed by atoms with van der Waals surface area (Å²) in [5.41, 5.74) is 1.38. The maximum absolute atomic E-state index is 5.09. The van der Waals surface area contributed by atoms with Crippen LogP contribution in [-0.2, 0) is 6.42 Å². The summed E-state index contributed by atoms with van der Waals surface area (Å²) in [6.45, 7) is 7.19. The molecule has 82 valence electrons. The van der Waals surface area contributed by atoms with Gasteiger partial charge in [-0.25, -0.2) is 0 Å². The molecule has 1 atom stereocenters. The summed E-state index contributed by atoms with van der Waals surface area (Å²) in [5.74, 6) is 0. The smallest absolute Gasteiger partial charge is 0.0934 e. The minimum Gasteiger partial charge on any atom is -0.472 e. The van der Waals surface area contributed by atoms with Crippen molar-refractivity contribution in [1.82, 2.24) is 5.32 Å². The van der Waals surface area contributed by atoms with Crippen LogP contribution in [0.2, 0.25) is 0 Å². The Hall–Kier alpha value is -1.02. The molecule has 1 unspecified atom stereocenters. The van der Waals surface area contributed by atoms with Gasteiger partial charge in [0.2, 0.25) is 0 Å².